The summed E-state index contributed by atoms with van der Waals surface area (Å²) in [5, 5.41) is 2.66. The van der Waals surface area contributed by atoms with Crippen molar-refractivity contribution in [3.05, 3.63) is 35.4 Å². The molecule has 0 spiro atoms. The second kappa shape index (κ2) is 10.4. The first-order chi connectivity index (χ1) is 11.4. The van der Waals surface area contributed by atoms with Crippen molar-refractivity contribution >= 4 is 17.8 Å². The number of esters is 1. The number of nitrogens with zero attached hydrogens (tertiary/aromatic N) is 1. The fourth-order valence-corrected chi connectivity index (χ4v) is 2.22. The monoisotopic (exact) mass is 334 g/mol. The first-order valence-corrected chi connectivity index (χ1v) is 8.07. The van der Waals surface area contributed by atoms with Crippen LogP contribution in [-0.2, 0) is 25.5 Å². The molecule has 1 aromatic carbocycles. The van der Waals surface area contributed by atoms with Crippen LogP contribution in [0.5, 0.6) is 0 Å². The molecule has 0 bridgehead atoms. The predicted octanol–water partition coefficient (Wildman–Crippen LogP) is 1.46. The minimum atomic E-state index is -0.356. The topological polar surface area (TPSA) is 75.7 Å². The molecule has 0 saturated carbocycles. The smallest absolute Gasteiger partial charge is 0.307 e. The van der Waals surface area contributed by atoms with Gasteiger partial charge < -0.3 is 15.0 Å². The Kier molecular flexibility index (Phi) is 8.54. The number of aryl methyl sites for hydroxylation is 2. The Balaban J connectivity index is 2.54. The molecule has 132 valence electrons. The van der Waals surface area contributed by atoms with E-state index in [0.717, 1.165) is 5.56 Å². The molecule has 0 saturated heterocycles. The lowest BCUT2D eigenvalue weighted by Crippen LogP contribution is -2.39. The van der Waals surface area contributed by atoms with Gasteiger partial charge in [-0.05, 0) is 18.9 Å². The Morgan fingerprint density at radius 3 is 2.33 bits per heavy atom. The molecule has 6 heteroatoms. The largest absolute Gasteiger partial charge is 0.469 e. The zero-order chi connectivity index (χ0) is 17.9. The molecule has 0 atom stereocenters. The van der Waals surface area contributed by atoms with Crippen LogP contribution in [0, 0.1) is 6.92 Å². The minimum absolute atomic E-state index is 0.0372. The van der Waals surface area contributed by atoms with E-state index < -0.39 is 0 Å². The van der Waals surface area contributed by atoms with Gasteiger partial charge in [-0.3, -0.25) is 14.4 Å². The number of methoxy groups -OCH3 is 1. The third-order valence-corrected chi connectivity index (χ3v) is 3.67. The normalized spacial score (nSPS) is 10.1. The number of carbonyl (C=O) groups excluding carboxylic acids is 3. The van der Waals surface area contributed by atoms with Gasteiger partial charge in [0.15, 0.2) is 0 Å². The Morgan fingerprint density at radius 1 is 1.08 bits per heavy atom. The van der Waals surface area contributed by atoms with Crippen molar-refractivity contribution in [2.75, 3.05) is 26.7 Å². The molecule has 0 radical (unpaired) electrons. The average molecular weight is 334 g/mol. The van der Waals surface area contributed by atoms with E-state index >= 15 is 0 Å². The number of ether oxygens (including phenoxy) is 1. The van der Waals surface area contributed by atoms with E-state index in [2.05, 4.69) is 10.1 Å². The van der Waals surface area contributed by atoms with Gasteiger partial charge in [0.2, 0.25) is 11.8 Å². The van der Waals surface area contributed by atoms with Crippen LogP contribution in [0.4, 0.5) is 0 Å². The highest BCUT2D eigenvalue weighted by molar-refractivity contribution is 5.78. The van der Waals surface area contributed by atoms with Gasteiger partial charge in [-0.25, -0.2) is 0 Å². The van der Waals surface area contributed by atoms with Crippen molar-refractivity contribution in [3.63, 3.8) is 0 Å². The molecule has 24 heavy (non-hydrogen) atoms. The lowest BCUT2D eigenvalue weighted by atomic mass is 10.1. The summed E-state index contributed by atoms with van der Waals surface area (Å²) < 4.78 is 4.62. The number of hydrogen-bond donors (Lipinski definition) is 1. The first-order valence-electron chi connectivity index (χ1n) is 8.07. The van der Waals surface area contributed by atoms with Gasteiger partial charge in [0.05, 0.1) is 13.5 Å². The maximum Gasteiger partial charge on any atom is 0.307 e. The zero-order valence-electron chi connectivity index (χ0n) is 14.6. The average Bonchev–Trinajstić information content (AvgIpc) is 2.56. The Hall–Kier alpha value is -2.37. The van der Waals surface area contributed by atoms with Crippen molar-refractivity contribution in [1.82, 2.24) is 10.2 Å². The molecule has 1 N–H and O–H groups in total. The van der Waals surface area contributed by atoms with Gasteiger partial charge in [-0.15, -0.1) is 0 Å². The maximum absolute atomic E-state index is 12.4. The number of benzene rings is 1. The van der Waals surface area contributed by atoms with Crippen molar-refractivity contribution in [3.8, 4) is 0 Å². The summed E-state index contributed by atoms with van der Waals surface area (Å²) in [5.41, 5.74) is 2.28. The lowest BCUT2D eigenvalue weighted by Gasteiger charge is -2.22. The highest BCUT2D eigenvalue weighted by Gasteiger charge is 2.15. The van der Waals surface area contributed by atoms with Crippen molar-refractivity contribution in [2.24, 2.45) is 0 Å². The van der Waals surface area contributed by atoms with Gasteiger partial charge in [0.25, 0.3) is 0 Å². The van der Waals surface area contributed by atoms with E-state index in [-0.39, 0.29) is 24.2 Å². The van der Waals surface area contributed by atoms with Crippen LogP contribution in [0.25, 0.3) is 0 Å². The number of nitrogens with one attached hydrogen (secondary N) is 1. The molecule has 6 nitrogen and oxygen atoms in total. The fraction of sp³-hybridized carbons (Fsp3) is 0.500. The molecule has 0 aliphatic rings. The summed E-state index contributed by atoms with van der Waals surface area (Å²) in [5.74, 6) is -0.536. The van der Waals surface area contributed by atoms with Crippen molar-refractivity contribution in [1.29, 1.82) is 0 Å². The molecule has 0 aromatic heterocycles. The zero-order valence-corrected chi connectivity index (χ0v) is 14.6. The first kappa shape index (κ1) is 19.7. The van der Waals surface area contributed by atoms with E-state index in [9.17, 15) is 14.4 Å². The summed E-state index contributed by atoms with van der Waals surface area (Å²) in [7, 11) is 1.32. The molecule has 0 unspecified atom stereocenters. The van der Waals surface area contributed by atoms with Crippen LogP contribution < -0.4 is 5.32 Å². The van der Waals surface area contributed by atoms with E-state index in [0.29, 0.717) is 32.5 Å². The van der Waals surface area contributed by atoms with Crippen LogP contribution in [-0.4, -0.2) is 49.4 Å². The third kappa shape index (κ3) is 7.76. The highest BCUT2D eigenvalue weighted by atomic mass is 16.5. The highest BCUT2D eigenvalue weighted by Crippen LogP contribution is 2.08. The van der Waals surface area contributed by atoms with Gasteiger partial charge in [-0.1, -0.05) is 29.8 Å². The van der Waals surface area contributed by atoms with Crippen LogP contribution in [0.1, 0.15) is 30.9 Å². The Bertz CT molecular complexity index is 555. The molecular formula is C18H26N2O4. The van der Waals surface area contributed by atoms with E-state index in [1.54, 1.807) is 4.90 Å². The molecule has 0 aliphatic heterocycles. The predicted molar refractivity (Wildman–Crippen MR) is 91.4 cm³/mol. The molecule has 1 rings (SSSR count). The van der Waals surface area contributed by atoms with Gasteiger partial charge >= 0.3 is 5.97 Å². The van der Waals surface area contributed by atoms with Crippen LogP contribution in [0.3, 0.4) is 0 Å². The van der Waals surface area contributed by atoms with Crippen LogP contribution >= 0.6 is 0 Å². The second-order valence-electron chi connectivity index (χ2n) is 5.68. The summed E-state index contributed by atoms with van der Waals surface area (Å²) in [4.78, 5) is 36.3. The maximum atomic E-state index is 12.4. The summed E-state index contributed by atoms with van der Waals surface area (Å²) in [6, 6.07) is 8.06. The third-order valence-electron chi connectivity index (χ3n) is 3.67. The number of amides is 2. The second-order valence-corrected chi connectivity index (χ2v) is 5.68. The van der Waals surface area contributed by atoms with E-state index in [1.165, 1.54) is 19.6 Å². The molecule has 0 aliphatic carbocycles. The molecular weight excluding hydrogens is 308 g/mol. The molecule has 0 heterocycles. The SMILES string of the molecule is COC(=O)CCN(CCNC(C)=O)C(=O)CCc1ccc(C)cc1. The summed E-state index contributed by atoms with van der Waals surface area (Å²) in [6.45, 7) is 4.48. The van der Waals surface area contributed by atoms with Gasteiger partial charge in [0.1, 0.15) is 0 Å². The summed E-state index contributed by atoms with van der Waals surface area (Å²) in [6.07, 6.45) is 1.16. The number of rotatable bonds is 9. The molecule has 2 amide bonds. The van der Waals surface area contributed by atoms with Gasteiger partial charge in [0, 0.05) is 33.0 Å². The van der Waals surface area contributed by atoms with Gasteiger partial charge in [-0.2, -0.15) is 0 Å². The Morgan fingerprint density at radius 2 is 1.75 bits per heavy atom. The number of hydrogen-bond acceptors (Lipinski definition) is 4. The Labute approximate surface area is 143 Å². The van der Waals surface area contributed by atoms with Crippen molar-refractivity contribution < 1.29 is 19.1 Å². The quantitative estimate of drug-likeness (QED) is 0.694. The fourth-order valence-electron chi connectivity index (χ4n) is 2.22. The molecule has 1 aromatic rings. The molecule has 0 fully saturated rings. The standard InChI is InChI=1S/C18H26N2O4/c1-14-4-6-16(7-5-14)8-9-17(22)20(12-10-18(23)24-3)13-11-19-15(2)21/h4-7H,8-13H2,1-3H3,(H,19,21). The van der Waals surface area contributed by atoms with E-state index in [1.807, 2.05) is 31.2 Å². The minimum Gasteiger partial charge on any atom is -0.469 e. The number of carbonyl (C=O) groups is 3. The van der Waals surface area contributed by atoms with E-state index in [4.69, 9.17) is 0 Å². The van der Waals surface area contributed by atoms with Crippen LogP contribution in [0.15, 0.2) is 24.3 Å². The van der Waals surface area contributed by atoms with Crippen LogP contribution in [0.2, 0.25) is 0 Å². The van der Waals surface area contributed by atoms with Crippen molar-refractivity contribution in [2.45, 2.75) is 33.1 Å². The summed E-state index contributed by atoms with van der Waals surface area (Å²) >= 11 is 0. The lowest BCUT2D eigenvalue weighted by molar-refractivity contribution is -0.141.